The summed E-state index contributed by atoms with van der Waals surface area (Å²) in [5, 5.41) is 0. The van der Waals surface area contributed by atoms with Crippen molar-refractivity contribution in [1.82, 2.24) is 4.90 Å². The van der Waals surface area contributed by atoms with Gasteiger partial charge in [0, 0.05) is 31.3 Å². The maximum absolute atomic E-state index is 13.5. The average molecular weight is 274 g/mol. The molecule has 1 unspecified atom stereocenters. The first-order valence-corrected chi connectivity index (χ1v) is 5.74. The summed E-state index contributed by atoms with van der Waals surface area (Å²) >= 11 is 0. The summed E-state index contributed by atoms with van der Waals surface area (Å²) in [7, 11) is 0. The summed E-state index contributed by atoms with van der Waals surface area (Å²) in [5.74, 6) is -3.63. The van der Waals surface area contributed by atoms with Crippen LogP contribution in [0.5, 0.6) is 0 Å². The highest BCUT2D eigenvalue weighted by molar-refractivity contribution is 5.78. The normalized spacial score (nSPS) is 19.9. The van der Waals surface area contributed by atoms with Crippen molar-refractivity contribution in [1.29, 1.82) is 0 Å². The highest BCUT2D eigenvalue weighted by Crippen LogP contribution is 2.17. The van der Waals surface area contributed by atoms with Crippen LogP contribution in [0.2, 0.25) is 0 Å². The molecule has 1 aromatic rings. The van der Waals surface area contributed by atoms with Crippen LogP contribution in [-0.4, -0.2) is 36.6 Å². The summed E-state index contributed by atoms with van der Waals surface area (Å²) in [6, 6.07) is 1.22. The summed E-state index contributed by atoms with van der Waals surface area (Å²) in [5.41, 5.74) is 5.35. The highest BCUT2D eigenvalue weighted by atomic mass is 19.2. The summed E-state index contributed by atoms with van der Waals surface area (Å²) in [6.45, 7) is 0.146. The molecule has 1 atom stereocenters. The number of hydrogen-bond acceptors (Lipinski definition) is 3. The minimum atomic E-state index is -1.26. The number of nitrogens with zero attached hydrogens (tertiary/aromatic N) is 1. The maximum Gasteiger partial charge on any atom is 0.248 e. The van der Waals surface area contributed by atoms with Crippen molar-refractivity contribution in [2.75, 3.05) is 19.7 Å². The van der Waals surface area contributed by atoms with Gasteiger partial charge >= 0.3 is 0 Å². The molecule has 2 N–H and O–H groups in total. The zero-order valence-electron chi connectivity index (χ0n) is 10.0. The monoisotopic (exact) mass is 274 g/mol. The topological polar surface area (TPSA) is 55.6 Å². The van der Waals surface area contributed by atoms with Gasteiger partial charge in [-0.2, -0.15) is 0 Å². The van der Waals surface area contributed by atoms with Crippen molar-refractivity contribution in [3.8, 4) is 0 Å². The molecule has 2 rings (SSSR count). The molecule has 0 aliphatic carbocycles. The van der Waals surface area contributed by atoms with Gasteiger partial charge in [0.05, 0.1) is 6.10 Å². The summed E-state index contributed by atoms with van der Waals surface area (Å²) in [4.78, 5) is 12.9. The lowest BCUT2D eigenvalue weighted by Crippen LogP contribution is -2.48. The molecule has 0 bridgehead atoms. The lowest BCUT2D eigenvalue weighted by Gasteiger charge is -2.32. The Morgan fingerprint density at radius 2 is 1.95 bits per heavy atom. The van der Waals surface area contributed by atoms with Crippen LogP contribution in [0.1, 0.15) is 5.56 Å². The molecule has 1 saturated heterocycles. The number of rotatable bonds is 3. The van der Waals surface area contributed by atoms with Gasteiger partial charge in [-0.15, -0.1) is 0 Å². The first-order valence-electron chi connectivity index (χ1n) is 5.74. The van der Waals surface area contributed by atoms with Gasteiger partial charge in [0.1, 0.15) is 12.4 Å². The van der Waals surface area contributed by atoms with E-state index in [2.05, 4.69) is 0 Å². The number of benzene rings is 1. The maximum atomic E-state index is 13.5. The molecule has 1 aliphatic heterocycles. The first kappa shape index (κ1) is 13.8. The van der Waals surface area contributed by atoms with Crippen molar-refractivity contribution in [3.05, 3.63) is 35.1 Å². The van der Waals surface area contributed by atoms with Crippen molar-refractivity contribution in [2.24, 2.45) is 5.73 Å². The van der Waals surface area contributed by atoms with E-state index in [1.165, 1.54) is 4.90 Å². The summed E-state index contributed by atoms with van der Waals surface area (Å²) < 4.78 is 44.5. The van der Waals surface area contributed by atoms with Crippen molar-refractivity contribution in [2.45, 2.75) is 12.6 Å². The number of amides is 1. The third-order valence-electron chi connectivity index (χ3n) is 2.93. The molecule has 1 amide bonds. The van der Waals surface area contributed by atoms with Crippen LogP contribution in [0.25, 0.3) is 0 Å². The van der Waals surface area contributed by atoms with Gasteiger partial charge in [0.15, 0.2) is 11.6 Å². The minimum absolute atomic E-state index is 0.0788. The van der Waals surface area contributed by atoms with Crippen molar-refractivity contribution >= 4 is 5.91 Å². The van der Waals surface area contributed by atoms with E-state index in [1.807, 2.05) is 0 Å². The number of morpholine rings is 1. The number of halogens is 3. The fourth-order valence-corrected chi connectivity index (χ4v) is 1.87. The number of carbonyl (C=O) groups is 1. The van der Waals surface area contributed by atoms with E-state index in [4.69, 9.17) is 10.5 Å². The number of carbonyl (C=O) groups excluding carboxylic acids is 1. The van der Waals surface area contributed by atoms with E-state index < -0.39 is 17.5 Å². The number of hydrogen-bond donors (Lipinski definition) is 1. The molecule has 104 valence electrons. The van der Waals surface area contributed by atoms with Crippen LogP contribution >= 0.6 is 0 Å². The highest BCUT2D eigenvalue weighted by Gasteiger charge is 2.26. The molecule has 1 aliphatic rings. The summed E-state index contributed by atoms with van der Waals surface area (Å²) in [6.07, 6.45) is -0.328. The van der Waals surface area contributed by atoms with Crippen LogP contribution < -0.4 is 5.73 Å². The Morgan fingerprint density at radius 1 is 1.26 bits per heavy atom. The molecule has 0 radical (unpaired) electrons. The van der Waals surface area contributed by atoms with Gasteiger partial charge in [0.2, 0.25) is 5.91 Å². The lowest BCUT2D eigenvalue weighted by molar-refractivity contribution is -0.149. The Balaban J connectivity index is 2.15. The van der Waals surface area contributed by atoms with Crippen LogP contribution in [0.15, 0.2) is 12.1 Å². The van der Waals surface area contributed by atoms with Gasteiger partial charge in [-0.1, -0.05) is 0 Å². The van der Waals surface area contributed by atoms with E-state index in [1.54, 1.807) is 0 Å². The molecule has 0 spiro atoms. The van der Waals surface area contributed by atoms with Gasteiger partial charge in [-0.3, -0.25) is 4.79 Å². The predicted octanol–water partition coefficient (Wildman–Crippen LogP) is 0.790. The smallest absolute Gasteiger partial charge is 0.248 e. The van der Waals surface area contributed by atoms with Crippen LogP contribution in [0, 0.1) is 17.5 Å². The Bertz CT molecular complexity index is 496. The van der Waals surface area contributed by atoms with Gasteiger partial charge in [-0.25, -0.2) is 13.2 Å². The Kier molecular flexibility index (Phi) is 4.06. The predicted molar refractivity (Wildman–Crippen MR) is 60.5 cm³/mol. The Morgan fingerprint density at radius 3 is 2.63 bits per heavy atom. The standard InChI is InChI=1S/C12H13F3N2O2/c13-9-2-11(15)10(14)1-7(9)4-17-5-8(3-16)19-6-12(17)18/h1-2,8H,3-6,16H2. The van der Waals surface area contributed by atoms with E-state index >= 15 is 0 Å². The lowest BCUT2D eigenvalue weighted by atomic mass is 10.1. The molecule has 0 aromatic heterocycles. The second kappa shape index (κ2) is 5.58. The molecular formula is C12H13F3N2O2. The van der Waals surface area contributed by atoms with E-state index in [0.717, 1.165) is 6.07 Å². The second-order valence-corrected chi connectivity index (χ2v) is 4.30. The molecule has 0 saturated carbocycles. The van der Waals surface area contributed by atoms with Crippen molar-refractivity contribution < 1.29 is 22.7 Å². The molecule has 19 heavy (non-hydrogen) atoms. The number of ether oxygens (including phenoxy) is 1. The molecule has 1 heterocycles. The van der Waals surface area contributed by atoms with Crippen LogP contribution in [-0.2, 0) is 16.1 Å². The molecular weight excluding hydrogens is 261 g/mol. The average Bonchev–Trinajstić information content (AvgIpc) is 2.38. The largest absolute Gasteiger partial charge is 0.365 e. The zero-order chi connectivity index (χ0) is 14.0. The molecule has 1 fully saturated rings. The molecule has 7 heteroatoms. The Hall–Kier alpha value is -1.60. The third kappa shape index (κ3) is 3.05. The van der Waals surface area contributed by atoms with Crippen molar-refractivity contribution in [3.63, 3.8) is 0 Å². The van der Waals surface area contributed by atoms with E-state index in [0.29, 0.717) is 6.07 Å². The van der Waals surface area contributed by atoms with Gasteiger partial charge < -0.3 is 15.4 Å². The second-order valence-electron chi connectivity index (χ2n) is 4.30. The quantitative estimate of drug-likeness (QED) is 0.829. The minimum Gasteiger partial charge on any atom is -0.365 e. The zero-order valence-corrected chi connectivity index (χ0v) is 10.0. The molecule has 4 nitrogen and oxygen atoms in total. The van der Waals surface area contributed by atoms with Crippen LogP contribution in [0.4, 0.5) is 13.2 Å². The number of nitrogens with two attached hydrogens (primary N) is 1. The Labute approximate surface area is 107 Å². The first-order chi connectivity index (χ1) is 9.01. The van der Waals surface area contributed by atoms with E-state index in [-0.39, 0.29) is 43.8 Å². The SMILES string of the molecule is NCC1CN(Cc2cc(F)c(F)cc2F)C(=O)CO1. The molecule has 1 aromatic carbocycles. The van der Waals surface area contributed by atoms with Gasteiger partial charge in [-0.05, 0) is 6.07 Å². The van der Waals surface area contributed by atoms with Crippen LogP contribution in [0.3, 0.4) is 0 Å². The van der Waals surface area contributed by atoms with Gasteiger partial charge in [0.25, 0.3) is 0 Å². The third-order valence-corrected chi connectivity index (χ3v) is 2.93. The fraction of sp³-hybridized carbons (Fsp3) is 0.417. The van der Waals surface area contributed by atoms with E-state index in [9.17, 15) is 18.0 Å². The fourth-order valence-electron chi connectivity index (χ4n) is 1.87.